The highest BCUT2D eigenvalue weighted by molar-refractivity contribution is 7.89. The predicted octanol–water partition coefficient (Wildman–Crippen LogP) is 3.32. The number of fused-ring (bicyclic) bond motifs is 3. The minimum Gasteiger partial charge on any atom is -0.359 e. The van der Waals surface area contributed by atoms with Crippen molar-refractivity contribution in [2.24, 2.45) is 28.3 Å². The quantitative estimate of drug-likeness (QED) is 0.593. The van der Waals surface area contributed by atoms with E-state index in [9.17, 15) is 8.42 Å². The number of ether oxygens (including phenoxy) is 2. The lowest BCUT2D eigenvalue weighted by Gasteiger charge is -2.55. The average Bonchev–Trinajstić information content (AvgIpc) is 2.60. The van der Waals surface area contributed by atoms with Gasteiger partial charge in [0.15, 0.2) is 0 Å². The van der Waals surface area contributed by atoms with Crippen LogP contribution in [0.3, 0.4) is 0 Å². The second kappa shape index (κ2) is 7.53. The van der Waals surface area contributed by atoms with Crippen molar-refractivity contribution in [1.29, 1.82) is 0 Å². The number of nitrogens with zero attached hydrogens (tertiary/aromatic N) is 1. The Morgan fingerprint density at radius 1 is 1.26 bits per heavy atom. The van der Waals surface area contributed by atoms with E-state index in [-0.39, 0.29) is 35.0 Å². The van der Waals surface area contributed by atoms with Crippen LogP contribution < -0.4 is 4.83 Å². The lowest BCUT2D eigenvalue weighted by atomic mass is 9.52. The van der Waals surface area contributed by atoms with Gasteiger partial charge in [0.25, 0.3) is 10.0 Å². The smallest absolute Gasteiger partial charge is 0.276 e. The van der Waals surface area contributed by atoms with E-state index in [0.717, 1.165) is 24.1 Å². The molecule has 2 bridgehead atoms. The number of hydrogen-bond donors (Lipinski definition) is 1. The summed E-state index contributed by atoms with van der Waals surface area (Å²) in [4.78, 5) is 2.68. The molecule has 0 aliphatic heterocycles. The van der Waals surface area contributed by atoms with Gasteiger partial charge in [0.05, 0.1) is 11.0 Å². The zero-order chi connectivity index (χ0) is 19.8. The molecule has 0 spiro atoms. The highest BCUT2D eigenvalue weighted by Crippen LogP contribution is 2.54. The number of hydrogen-bond acceptors (Lipinski definition) is 5. The van der Waals surface area contributed by atoms with Gasteiger partial charge in [-0.05, 0) is 43.2 Å². The predicted molar refractivity (Wildman–Crippen MR) is 105 cm³/mol. The molecule has 3 fully saturated rings. The maximum absolute atomic E-state index is 12.6. The molecule has 1 N–H and O–H groups in total. The molecule has 1 aromatic carbocycles. The molecule has 0 heterocycles. The third-order valence-corrected chi connectivity index (χ3v) is 7.39. The zero-order valence-electron chi connectivity index (χ0n) is 16.7. The second-order valence-electron chi connectivity index (χ2n) is 8.49. The molecule has 7 heteroatoms. The molecule has 0 radical (unpaired) electrons. The van der Waals surface area contributed by atoms with Crippen LogP contribution in [0.4, 0.5) is 0 Å². The van der Waals surface area contributed by atoms with Crippen molar-refractivity contribution < 1.29 is 17.9 Å². The average molecular weight is 395 g/mol. The van der Waals surface area contributed by atoms with Gasteiger partial charge in [-0.3, -0.25) is 0 Å². The maximum Gasteiger partial charge on any atom is 0.276 e. The van der Waals surface area contributed by atoms with E-state index in [1.54, 1.807) is 31.4 Å². The van der Waals surface area contributed by atoms with Crippen molar-refractivity contribution in [1.82, 2.24) is 4.83 Å². The Labute approximate surface area is 162 Å². The Morgan fingerprint density at radius 3 is 2.56 bits per heavy atom. The van der Waals surface area contributed by atoms with Gasteiger partial charge in [0, 0.05) is 24.7 Å². The van der Waals surface area contributed by atoms with Crippen molar-refractivity contribution in [2.45, 2.75) is 51.5 Å². The molecule has 4 rings (SSSR count). The molecule has 1 aromatic rings. The summed E-state index contributed by atoms with van der Waals surface area (Å²) in [5, 5.41) is 4.40. The van der Waals surface area contributed by atoms with Crippen LogP contribution in [-0.4, -0.2) is 34.1 Å². The van der Waals surface area contributed by atoms with Crippen LogP contribution in [0.15, 0.2) is 34.3 Å². The number of hydrazone groups is 1. The fraction of sp³-hybridized carbons (Fsp3) is 0.650. The van der Waals surface area contributed by atoms with E-state index in [1.807, 2.05) is 6.92 Å². The van der Waals surface area contributed by atoms with Crippen LogP contribution in [0.25, 0.3) is 0 Å². The largest absolute Gasteiger partial charge is 0.359 e. The van der Waals surface area contributed by atoms with Gasteiger partial charge in [0.2, 0.25) is 0 Å². The summed E-state index contributed by atoms with van der Waals surface area (Å²) in [5.41, 5.74) is 2.09. The summed E-state index contributed by atoms with van der Waals surface area (Å²) in [6, 6.07) is 6.76. The molecule has 0 aromatic heterocycles. The van der Waals surface area contributed by atoms with Gasteiger partial charge in [-0.2, -0.15) is 13.5 Å². The lowest BCUT2D eigenvalue weighted by Crippen LogP contribution is -2.56. The van der Waals surface area contributed by atoms with E-state index in [4.69, 9.17) is 9.47 Å². The number of nitrogens with one attached hydrogen (secondary N) is 1. The number of aryl methyl sites for hydroxylation is 1. The Balaban J connectivity index is 1.84. The first-order chi connectivity index (χ1) is 12.7. The molecule has 4 atom stereocenters. The molecule has 27 heavy (non-hydrogen) atoms. The third-order valence-electron chi connectivity index (χ3n) is 6.16. The Hall–Kier alpha value is -1.44. The van der Waals surface area contributed by atoms with E-state index in [1.165, 1.54) is 0 Å². The molecule has 3 aliphatic carbocycles. The summed E-state index contributed by atoms with van der Waals surface area (Å²) in [7, 11) is -2.07. The highest BCUT2D eigenvalue weighted by atomic mass is 32.2. The van der Waals surface area contributed by atoms with Crippen molar-refractivity contribution in [3.05, 3.63) is 29.8 Å². The fourth-order valence-corrected chi connectivity index (χ4v) is 5.54. The van der Waals surface area contributed by atoms with Gasteiger partial charge in [-0.1, -0.05) is 38.5 Å². The van der Waals surface area contributed by atoms with Gasteiger partial charge in [-0.15, -0.1) is 0 Å². The lowest BCUT2D eigenvalue weighted by molar-refractivity contribution is -0.129. The van der Waals surface area contributed by atoms with Gasteiger partial charge < -0.3 is 9.47 Å². The van der Waals surface area contributed by atoms with Gasteiger partial charge in [0.1, 0.15) is 6.79 Å². The molecule has 0 unspecified atom stereocenters. The van der Waals surface area contributed by atoms with Crippen LogP contribution >= 0.6 is 0 Å². The summed E-state index contributed by atoms with van der Waals surface area (Å²) >= 11 is 0. The van der Waals surface area contributed by atoms with Crippen LogP contribution in [0.5, 0.6) is 0 Å². The summed E-state index contributed by atoms with van der Waals surface area (Å²) in [6.45, 7) is 8.86. The second-order valence-corrected chi connectivity index (χ2v) is 10.1. The third kappa shape index (κ3) is 4.05. The first-order valence-electron chi connectivity index (χ1n) is 9.42. The normalized spacial score (nSPS) is 31.2. The number of methoxy groups -OCH3 is 1. The fourth-order valence-electron chi connectivity index (χ4n) is 4.71. The Kier molecular flexibility index (Phi) is 5.66. The first kappa shape index (κ1) is 20.3. The summed E-state index contributed by atoms with van der Waals surface area (Å²) < 4.78 is 36.2. The van der Waals surface area contributed by atoms with E-state index in [2.05, 4.69) is 30.7 Å². The first-order valence-corrected chi connectivity index (χ1v) is 10.9. The van der Waals surface area contributed by atoms with Crippen LogP contribution in [0.1, 0.15) is 39.2 Å². The standard InChI is InChI=1S/C20H30N2O4S/c1-13-6-8-15(9-7-13)27(23,24)22-21-19-14(2)17-10-18(26-12-25-5)16(19)11-20(17,3)4/h6-9,14,16-18,22H,10-12H2,1-5H3/b21-19+/t14-,16-,17-,18-/m0/s1. The van der Waals surface area contributed by atoms with Crippen molar-refractivity contribution in [3.8, 4) is 0 Å². The minimum atomic E-state index is -3.68. The molecule has 150 valence electrons. The van der Waals surface area contributed by atoms with Crippen molar-refractivity contribution in [2.75, 3.05) is 13.9 Å². The summed E-state index contributed by atoms with van der Waals surface area (Å²) in [5.74, 6) is 0.699. The Morgan fingerprint density at radius 2 is 1.93 bits per heavy atom. The maximum atomic E-state index is 12.6. The van der Waals surface area contributed by atoms with Crippen molar-refractivity contribution >= 4 is 15.7 Å². The van der Waals surface area contributed by atoms with Crippen LogP contribution in [0, 0.1) is 30.1 Å². The van der Waals surface area contributed by atoms with Crippen LogP contribution in [0.2, 0.25) is 0 Å². The SMILES string of the molecule is COCO[C@H]1C[C@H]2[C@H](C)/C(=N\NS(=O)(=O)c3ccc(C)cc3)[C@H]1CC2(C)C. The molecule has 3 saturated carbocycles. The van der Waals surface area contributed by atoms with Gasteiger partial charge in [-0.25, -0.2) is 4.83 Å². The topological polar surface area (TPSA) is 77.0 Å². The molecule has 0 saturated heterocycles. The monoisotopic (exact) mass is 394 g/mol. The highest BCUT2D eigenvalue weighted by Gasteiger charge is 2.53. The summed E-state index contributed by atoms with van der Waals surface area (Å²) in [6.07, 6.45) is 1.90. The number of sulfonamides is 1. The van der Waals surface area contributed by atoms with E-state index < -0.39 is 10.0 Å². The molecular weight excluding hydrogens is 364 g/mol. The zero-order valence-corrected chi connectivity index (χ0v) is 17.5. The molecular formula is C20H30N2O4S. The molecule has 3 aliphatic rings. The van der Waals surface area contributed by atoms with Gasteiger partial charge >= 0.3 is 0 Å². The molecule has 6 nitrogen and oxygen atoms in total. The number of rotatable bonds is 6. The Bertz CT molecular complexity index is 802. The van der Waals surface area contributed by atoms with Crippen molar-refractivity contribution in [3.63, 3.8) is 0 Å². The molecule has 0 amide bonds. The minimum absolute atomic E-state index is 0.0156. The number of benzene rings is 1. The van der Waals surface area contributed by atoms with Crippen LogP contribution in [-0.2, 0) is 19.5 Å². The van der Waals surface area contributed by atoms with E-state index >= 15 is 0 Å². The van der Waals surface area contributed by atoms with E-state index in [0.29, 0.717) is 5.92 Å².